The molecule has 1 saturated carbocycles. The van der Waals surface area contributed by atoms with Crippen LogP contribution in [0, 0.1) is 5.92 Å². The molecule has 1 aromatic carbocycles. The number of aliphatic hydroxyl groups excluding tert-OH is 1. The second kappa shape index (κ2) is 6.76. The zero-order chi connectivity index (χ0) is 12.8. The van der Waals surface area contributed by atoms with Crippen LogP contribution in [0.2, 0.25) is 0 Å². The fourth-order valence-corrected chi connectivity index (χ4v) is 2.10. The summed E-state index contributed by atoms with van der Waals surface area (Å²) in [6.07, 6.45) is 4.98. The molecule has 0 aromatic heterocycles. The fraction of sp³-hybridized carbons (Fsp3) is 0.600. The molecule has 1 unspecified atom stereocenters. The first-order valence-corrected chi connectivity index (χ1v) is 6.82. The maximum Gasteiger partial charge on any atom is 0.118 e. The van der Waals surface area contributed by atoms with Crippen molar-refractivity contribution in [3.63, 3.8) is 0 Å². The van der Waals surface area contributed by atoms with Crippen molar-refractivity contribution in [2.45, 2.75) is 31.8 Å². The maximum atomic E-state index is 10.0. The minimum atomic E-state index is -0.433. The minimum absolute atomic E-state index is 0.433. The third-order valence-corrected chi connectivity index (χ3v) is 3.50. The highest BCUT2D eigenvalue weighted by molar-refractivity contribution is 5.28. The van der Waals surface area contributed by atoms with Gasteiger partial charge in [-0.25, -0.2) is 0 Å². The molecule has 2 N–H and O–H groups in total. The van der Waals surface area contributed by atoms with Gasteiger partial charge in [0.25, 0.3) is 0 Å². The van der Waals surface area contributed by atoms with Crippen molar-refractivity contribution < 1.29 is 9.84 Å². The van der Waals surface area contributed by atoms with Gasteiger partial charge in [-0.1, -0.05) is 25.0 Å². The van der Waals surface area contributed by atoms with Crippen molar-refractivity contribution in [2.75, 3.05) is 20.2 Å². The standard InChI is InChI=1S/C15H23NO2/c1-18-14-8-6-13(7-9-14)15(17)11-16-10-2-3-12-4-5-12/h6-9,12,15-17H,2-5,10-11H2,1H3. The summed E-state index contributed by atoms with van der Waals surface area (Å²) in [5, 5.41) is 13.3. The van der Waals surface area contributed by atoms with E-state index < -0.39 is 6.10 Å². The predicted molar refractivity (Wildman–Crippen MR) is 72.8 cm³/mol. The Bertz CT molecular complexity index is 346. The molecule has 0 bridgehead atoms. The Hall–Kier alpha value is -1.06. The van der Waals surface area contributed by atoms with Crippen LogP contribution in [-0.2, 0) is 0 Å². The van der Waals surface area contributed by atoms with Crippen LogP contribution in [0.5, 0.6) is 5.75 Å². The number of aliphatic hydroxyl groups is 1. The van der Waals surface area contributed by atoms with Crippen LogP contribution in [-0.4, -0.2) is 25.3 Å². The van der Waals surface area contributed by atoms with E-state index in [4.69, 9.17) is 4.74 Å². The lowest BCUT2D eigenvalue weighted by atomic mass is 10.1. The van der Waals surface area contributed by atoms with Crippen molar-refractivity contribution in [1.82, 2.24) is 5.32 Å². The molecule has 3 heteroatoms. The van der Waals surface area contributed by atoms with Gasteiger partial charge in [-0.3, -0.25) is 0 Å². The fourth-order valence-electron chi connectivity index (χ4n) is 2.10. The van der Waals surface area contributed by atoms with E-state index >= 15 is 0 Å². The summed E-state index contributed by atoms with van der Waals surface area (Å²) in [7, 11) is 1.65. The average molecular weight is 249 g/mol. The number of hydrogen-bond donors (Lipinski definition) is 2. The smallest absolute Gasteiger partial charge is 0.118 e. The first kappa shape index (κ1) is 13.4. The molecular formula is C15H23NO2. The molecule has 1 fully saturated rings. The number of ether oxygens (including phenoxy) is 1. The van der Waals surface area contributed by atoms with Crippen LogP contribution >= 0.6 is 0 Å². The van der Waals surface area contributed by atoms with E-state index in [0.29, 0.717) is 6.54 Å². The summed E-state index contributed by atoms with van der Waals surface area (Å²) in [6, 6.07) is 7.59. The minimum Gasteiger partial charge on any atom is -0.497 e. The largest absolute Gasteiger partial charge is 0.497 e. The predicted octanol–water partition coefficient (Wildman–Crippen LogP) is 2.51. The molecule has 0 spiro atoms. The third-order valence-electron chi connectivity index (χ3n) is 3.50. The summed E-state index contributed by atoms with van der Waals surface area (Å²) in [5.41, 5.74) is 0.936. The summed E-state index contributed by atoms with van der Waals surface area (Å²) in [5.74, 6) is 1.82. The molecule has 0 heterocycles. The molecule has 0 saturated heterocycles. The summed E-state index contributed by atoms with van der Waals surface area (Å²) < 4.78 is 5.09. The number of benzene rings is 1. The molecule has 18 heavy (non-hydrogen) atoms. The number of methoxy groups -OCH3 is 1. The Balaban J connectivity index is 1.64. The highest BCUT2D eigenvalue weighted by Crippen LogP contribution is 2.33. The topological polar surface area (TPSA) is 41.5 Å². The molecular weight excluding hydrogens is 226 g/mol. The Morgan fingerprint density at radius 2 is 2.06 bits per heavy atom. The normalized spacial score (nSPS) is 16.6. The van der Waals surface area contributed by atoms with Crippen LogP contribution < -0.4 is 10.1 Å². The molecule has 1 atom stereocenters. The second-order valence-corrected chi connectivity index (χ2v) is 5.08. The van der Waals surface area contributed by atoms with Gasteiger partial charge in [0.05, 0.1) is 13.2 Å². The van der Waals surface area contributed by atoms with Gasteiger partial charge in [0.1, 0.15) is 5.75 Å². The first-order chi connectivity index (χ1) is 8.79. The second-order valence-electron chi connectivity index (χ2n) is 5.08. The van der Waals surface area contributed by atoms with E-state index in [1.807, 2.05) is 24.3 Å². The SMILES string of the molecule is COc1ccc(C(O)CNCCCC2CC2)cc1. The molecule has 2 rings (SSSR count). The van der Waals surface area contributed by atoms with Crippen LogP contribution in [0.4, 0.5) is 0 Å². The van der Waals surface area contributed by atoms with Gasteiger partial charge in [-0.05, 0) is 43.0 Å². The van der Waals surface area contributed by atoms with E-state index in [1.165, 1.54) is 25.7 Å². The zero-order valence-electron chi connectivity index (χ0n) is 11.1. The van der Waals surface area contributed by atoms with Crippen molar-refractivity contribution in [3.8, 4) is 5.75 Å². The Labute approximate surface area is 109 Å². The van der Waals surface area contributed by atoms with Gasteiger partial charge in [-0.2, -0.15) is 0 Å². The number of nitrogens with one attached hydrogen (secondary N) is 1. The van der Waals surface area contributed by atoms with E-state index in [9.17, 15) is 5.11 Å². The van der Waals surface area contributed by atoms with Crippen molar-refractivity contribution in [3.05, 3.63) is 29.8 Å². The Kier molecular flexibility index (Phi) is 5.02. The quantitative estimate of drug-likeness (QED) is 0.696. The maximum absolute atomic E-state index is 10.0. The van der Waals surface area contributed by atoms with Crippen LogP contribution in [0.15, 0.2) is 24.3 Å². The van der Waals surface area contributed by atoms with Crippen molar-refractivity contribution in [2.24, 2.45) is 5.92 Å². The Morgan fingerprint density at radius 3 is 2.67 bits per heavy atom. The molecule has 1 aliphatic carbocycles. The number of hydrogen-bond acceptors (Lipinski definition) is 3. The van der Waals surface area contributed by atoms with E-state index in [1.54, 1.807) is 7.11 Å². The van der Waals surface area contributed by atoms with Crippen molar-refractivity contribution >= 4 is 0 Å². The lowest BCUT2D eigenvalue weighted by molar-refractivity contribution is 0.174. The van der Waals surface area contributed by atoms with Gasteiger partial charge < -0.3 is 15.2 Å². The molecule has 3 nitrogen and oxygen atoms in total. The highest BCUT2D eigenvalue weighted by Gasteiger charge is 2.19. The van der Waals surface area contributed by atoms with Crippen molar-refractivity contribution in [1.29, 1.82) is 0 Å². The van der Waals surface area contributed by atoms with Gasteiger partial charge in [0.15, 0.2) is 0 Å². The molecule has 0 radical (unpaired) electrons. The lowest BCUT2D eigenvalue weighted by Gasteiger charge is -2.12. The van der Waals surface area contributed by atoms with E-state index in [0.717, 1.165) is 23.8 Å². The lowest BCUT2D eigenvalue weighted by Crippen LogP contribution is -2.22. The summed E-state index contributed by atoms with van der Waals surface area (Å²) >= 11 is 0. The number of rotatable bonds is 8. The average Bonchev–Trinajstić information content (AvgIpc) is 3.22. The molecule has 1 aromatic rings. The third kappa shape index (κ3) is 4.31. The monoisotopic (exact) mass is 249 g/mol. The summed E-state index contributed by atoms with van der Waals surface area (Å²) in [6.45, 7) is 1.63. The molecule has 1 aliphatic rings. The van der Waals surface area contributed by atoms with E-state index in [-0.39, 0.29) is 0 Å². The highest BCUT2D eigenvalue weighted by atomic mass is 16.5. The first-order valence-electron chi connectivity index (χ1n) is 6.82. The Morgan fingerprint density at radius 1 is 1.33 bits per heavy atom. The molecule has 0 aliphatic heterocycles. The zero-order valence-corrected chi connectivity index (χ0v) is 11.1. The van der Waals surface area contributed by atoms with Crippen LogP contribution in [0.1, 0.15) is 37.4 Å². The van der Waals surface area contributed by atoms with Gasteiger partial charge >= 0.3 is 0 Å². The molecule has 0 amide bonds. The summed E-state index contributed by atoms with van der Waals surface area (Å²) in [4.78, 5) is 0. The van der Waals surface area contributed by atoms with Gasteiger partial charge in [0, 0.05) is 6.54 Å². The van der Waals surface area contributed by atoms with Crippen LogP contribution in [0.25, 0.3) is 0 Å². The van der Waals surface area contributed by atoms with Crippen LogP contribution in [0.3, 0.4) is 0 Å². The van der Waals surface area contributed by atoms with E-state index in [2.05, 4.69) is 5.32 Å². The van der Waals surface area contributed by atoms with Gasteiger partial charge in [0.2, 0.25) is 0 Å². The molecule has 100 valence electrons. The van der Waals surface area contributed by atoms with Gasteiger partial charge in [-0.15, -0.1) is 0 Å².